The minimum Gasteiger partial charge on any atom is -0.354 e. The maximum absolute atomic E-state index is 12.2. The van der Waals surface area contributed by atoms with E-state index in [-0.39, 0.29) is 23.8 Å². The number of carbonyl (C=O) groups is 2. The molecule has 0 spiro atoms. The standard InChI is InChI=1S/C19H24N4O3/c24-17-13-21-23(16-8-4-3-7-15(16)17)14-18(25)20-10-9-19(26)22-11-5-1-2-6-12-22/h3-4,7-8,13H,1-2,5-6,9-12,14H2,(H,20,25). The summed E-state index contributed by atoms with van der Waals surface area (Å²) < 4.78 is 1.50. The largest absolute Gasteiger partial charge is 0.354 e. The molecule has 2 amide bonds. The van der Waals surface area contributed by atoms with Crippen molar-refractivity contribution in [1.82, 2.24) is 20.0 Å². The monoisotopic (exact) mass is 356 g/mol. The van der Waals surface area contributed by atoms with Crippen LogP contribution in [-0.2, 0) is 16.1 Å². The van der Waals surface area contributed by atoms with Crippen LogP contribution < -0.4 is 10.7 Å². The lowest BCUT2D eigenvalue weighted by atomic mass is 10.2. The van der Waals surface area contributed by atoms with Crippen molar-refractivity contribution in [1.29, 1.82) is 0 Å². The Morgan fingerprint density at radius 2 is 1.81 bits per heavy atom. The molecule has 1 aromatic heterocycles. The van der Waals surface area contributed by atoms with Crippen LogP contribution in [0.15, 0.2) is 35.3 Å². The Kier molecular flexibility index (Phi) is 5.99. The second-order valence-electron chi connectivity index (χ2n) is 6.58. The van der Waals surface area contributed by atoms with Gasteiger partial charge in [-0.25, -0.2) is 0 Å². The summed E-state index contributed by atoms with van der Waals surface area (Å²) in [6, 6.07) is 7.06. The Bertz CT molecular complexity index is 838. The summed E-state index contributed by atoms with van der Waals surface area (Å²) in [5, 5.41) is 7.35. The van der Waals surface area contributed by atoms with Gasteiger partial charge in [-0.2, -0.15) is 5.10 Å². The van der Waals surface area contributed by atoms with Crippen molar-refractivity contribution in [2.75, 3.05) is 19.6 Å². The molecule has 1 N–H and O–H groups in total. The molecule has 7 nitrogen and oxygen atoms in total. The van der Waals surface area contributed by atoms with E-state index in [0.29, 0.717) is 23.9 Å². The van der Waals surface area contributed by atoms with Gasteiger partial charge in [0, 0.05) is 31.4 Å². The molecule has 1 saturated heterocycles. The van der Waals surface area contributed by atoms with Crippen LogP contribution in [0.25, 0.3) is 10.9 Å². The van der Waals surface area contributed by atoms with Crippen molar-refractivity contribution < 1.29 is 9.59 Å². The molecule has 26 heavy (non-hydrogen) atoms. The van der Waals surface area contributed by atoms with Gasteiger partial charge in [-0.05, 0) is 25.0 Å². The van der Waals surface area contributed by atoms with Crippen LogP contribution in [0.3, 0.4) is 0 Å². The third kappa shape index (κ3) is 4.47. The Morgan fingerprint density at radius 1 is 1.08 bits per heavy atom. The number of nitrogens with one attached hydrogen (secondary N) is 1. The summed E-state index contributed by atoms with van der Waals surface area (Å²) in [6.07, 6.45) is 6.01. The number of para-hydroxylation sites is 1. The SMILES string of the molecule is O=C(Cn1ncc(=O)c2ccccc21)NCCC(=O)N1CCCCCC1. The van der Waals surface area contributed by atoms with E-state index in [9.17, 15) is 14.4 Å². The molecule has 138 valence electrons. The first-order valence-electron chi connectivity index (χ1n) is 9.14. The quantitative estimate of drug-likeness (QED) is 0.875. The van der Waals surface area contributed by atoms with Gasteiger partial charge in [0.1, 0.15) is 6.54 Å². The fourth-order valence-electron chi connectivity index (χ4n) is 3.27. The van der Waals surface area contributed by atoms with Crippen molar-refractivity contribution in [3.8, 4) is 0 Å². The van der Waals surface area contributed by atoms with Gasteiger partial charge in [-0.1, -0.05) is 25.0 Å². The highest BCUT2D eigenvalue weighted by molar-refractivity contribution is 5.82. The predicted octanol–water partition coefficient (Wildman–Crippen LogP) is 1.31. The van der Waals surface area contributed by atoms with Crippen LogP contribution in [0.4, 0.5) is 0 Å². The van der Waals surface area contributed by atoms with Gasteiger partial charge in [-0.3, -0.25) is 19.1 Å². The first kappa shape index (κ1) is 18.1. The molecule has 2 aromatic rings. The number of fused-ring (bicyclic) bond motifs is 1. The second-order valence-corrected chi connectivity index (χ2v) is 6.58. The number of likely N-dealkylation sites (tertiary alicyclic amines) is 1. The molecule has 1 aromatic carbocycles. The van der Waals surface area contributed by atoms with Crippen molar-refractivity contribution in [3.05, 3.63) is 40.7 Å². The molecule has 7 heteroatoms. The van der Waals surface area contributed by atoms with Crippen LogP contribution in [-0.4, -0.2) is 46.1 Å². The highest BCUT2D eigenvalue weighted by atomic mass is 16.2. The lowest BCUT2D eigenvalue weighted by Gasteiger charge is -2.20. The van der Waals surface area contributed by atoms with Gasteiger partial charge in [0.2, 0.25) is 17.2 Å². The van der Waals surface area contributed by atoms with Crippen molar-refractivity contribution in [2.24, 2.45) is 0 Å². The summed E-state index contributed by atoms with van der Waals surface area (Å²) in [5.41, 5.74) is 0.455. The summed E-state index contributed by atoms with van der Waals surface area (Å²) in [5.74, 6) is -0.130. The number of nitrogens with zero attached hydrogens (tertiary/aromatic N) is 3. The van der Waals surface area contributed by atoms with E-state index in [1.165, 1.54) is 23.7 Å². The van der Waals surface area contributed by atoms with Gasteiger partial charge < -0.3 is 10.2 Å². The first-order valence-corrected chi connectivity index (χ1v) is 9.14. The number of hydrogen-bond donors (Lipinski definition) is 1. The zero-order valence-corrected chi connectivity index (χ0v) is 14.8. The topological polar surface area (TPSA) is 84.3 Å². The predicted molar refractivity (Wildman–Crippen MR) is 98.7 cm³/mol. The van der Waals surface area contributed by atoms with Crippen LogP contribution in [0.1, 0.15) is 32.1 Å². The van der Waals surface area contributed by atoms with Gasteiger partial charge in [0.05, 0.1) is 11.7 Å². The summed E-state index contributed by atoms with van der Waals surface area (Å²) in [7, 11) is 0. The average molecular weight is 356 g/mol. The summed E-state index contributed by atoms with van der Waals surface area (Å²) in [6.45, 7) is 1.96. The second kappa shape index (κ2) is 8.60. The van der Waals surface area contributed by atoms with Crippen LogP contribution in [0.5, 0.6) is 0 Å². The molecule has 1 aliphatic heterocycles. The maximum atomic E-state index is 12.2. The highest BCUT2D eigenvalue weighted by Crippen LogP contribution is 2.10. The Hall–Kier alpha value is -2.70. The maximum Gasteiger partial charge on any atom is 0.241 e. The van der Waals surface area contributed by atoms with Crippen LogP contribution >= 0.6 is 0 Å². The molecule has 3 rings (SSSR count). The number of amides is 2. The van der Waals surface area contributed by atoms with Gasteiger partial charge in [0.15, 0.2) is 0 Å². The van der Waals surface area contributed by atoms with Crippen LogP contribution in [0, 0.1) is 0 Å². The molecule has 1 fully saturated rings. The highest BCUT2D eigenvalue weighted by Gasteiger charge is 2.15. The minimum atomic E-state index is -0.227. The van der Waals surface area contributed by atoms with E-state index in [2.05, 4.69) is 10.4 Å². The minimum absolute atomic E-state index is 0.0126. The first-order chi connectivity index (χ1) is 12.6. The molecule has 2 heterocycles. The Morgan fingerprint density at radius 3 is 2.58 bits per heavy atom. The van der Waals surface area contributed by atoms with E-state index < -0.39 is 0 Å². The zero-order valence-electron chi connectivity index (χ0n) is 14.8. The summed E-state index contributed by atoms with van der Waals surface area (Å²) in [4.78, 5) is 38.1. The Balaban J connectivity index is 1.52. The van der Waals surface area contributed by atoms with E-state index in [1.54, 1.807) is 24.3 Å². The Labute approximate surface area is 152 Å². The molecular formula is C19H24N4O3. The third-order valence-corrected chi connectivity index (χ3v) is 4.68. The lowest BCUT2D eigenvalue weighted by molar-refractivity contribution is -0.131. The normalized spacial score (nSPS) is 14.8. The number of benzene rings is 1. The van der Waals surface area contributed by atoms with E-state index in [4.69, 9.17) is 0 Å². The molecule has 0 atom stereocenters. The number of carbonyl (C=O) groups excluding carboxylic acids is 2. The lowest BCUT2D eigenvalue weighted by Crippen LogP contribution is -2.36. The van der Waals surface area contributed by atoms with E-state index in [0.717, 1.165) is 25.9 Å². The number of hydrogen-bond acceptors (Lipinski definition) is 4. The van der Waals surface area contributed by atoms with Crippen molar-refractivity contribution in [3.63, 3.8) is 0 Å². The van der Waals surface area contributed by atoms with E-state index >= 15 is 0 Å². The van der Waals surface area contributed by atoms with Crippen LogP contribution in [0.2, 0.25) is 0 Å². The van der Waals surface area contributed by atoms with Crippen molar-refractivity contribution in [2.45, 2.75) is 38.6 Å². The molecule has 0 aliphatic carbocycles. The smallest absolute Gasteiger partial charge is 0.241 e. The number of rotatable bonds is 5. The molecule has 0 saturated carbocycles. The van der Waals surface area contributed by atoms with Crippen molar-refractivity contribution >= 4 is 22.7 Å². The molecule has 0 radical (unpaired) electrons. The van der Waals surface area contributed by atoms with E-state index in [1.807, 2.05) is 4.90 Å². The average Bonchev–Trinajstić information content (AvgIpc) is 2.94. The fraction of sp³-hybridized carbons (Fsp3) is 0.474. The molecule has 0 bridgehead atoms. The zero-order chi connectivity index (χ0) is 18.4. The molecule has 0 unspecified atom stereocenters. The fourth-order valence-corrected chi connectivity index (χ4v) is 3.27. The molecule has 1 aliphatic rings. The van der Waals surface area contributed by atoms with Gasteiger partial charge >= 0.3 is 0 Å². The van der Waals surface area contributed by atoms with Gasteiger partial charge in [0.25, 0.3) is 0 Å². The number of aromatic nitrogens is 2. The third-order valence-electron chi connectivity index (χ3n) is 4.68. The summed E-state index contributed by atoms with van der Waals surface area (Å²) >= 11 is 0. The van der Waals surface area contributed by atoms with Gasteiger partial charge in [-0.15, -0.1) is 0 Å². The molecular weight excluding hydrogens is 332 g/mol.